The molecule has 1 aromatic carbocycles. The Hall–Kier alpha value is -2.75. The van der Waals surface area contributed by atoms with Crippen molar-refractivity contribution in [3.05, 3.63) is 41.7 Å². The van der Waals surface area contributed by atoms with Crippen LogP contribution in [-0.4, -0.2) is 58.4 Å². The van der Waals surface area contributed by atoms with E-state index in [-0.39, 0.29) is 18.3 Å². The number of alkyl halides is 3. The number of amides is 1. The zero-order valence-corrected chi connectivity index (χ0v) is 17.4. The highest BCUT2D eigenvalue weighted by atomic mass is 19.4. The molecule has 2 aromatic rings. The topological polar surface area (TPSA) is 70.7 Å². The van der Waals surface area contributed by atoms with Gasteiger partial charge in [0.05, 0.1) is 5.69 Å². The van der Waals surface area contributed by atoms with Crippen molar-refractivity contribution in [3.63, 3.8) is 0 Å². The first-order valence-electron chi connectivity index (χ1n) is 10.3. The Bertz CT molecular complexity index is 921. The predicted molar refractivity (Wildman–Crippen MR) is 105 cm³/mol. The Kier molecular flexibility index (Phi) is 5.83. The number of nitrogens with one attached hydrogen (secondary N) is 1. The van der Waals surface area contributed by atoms with Gasteiger partial charge in [-0.2, -0.15) is 0 Å². The molecule has 0 bridgehead atoms. The molecule has 7 nitrogen and oxygen atoms in total. The molecule has 1 saturated heterocycles. The van der Waals surface area contributed by atoms with E-state index in [4.69, 9.17) is 4.74 Å². The summed E-state index contributed by atoms with van der Waals surface area (Å²) in [6.07, 6.45) is -3.74. The second-order valence-electron chi connectivity index (χ2n) is 8.13. The summed E-state index contributed by atoms with van der Waals surface area (Å²) in [6, 6.07) is 5.75. The molecule has 4 rings (SSSR count). The van der Waals surface area contributed by atoms with Crippen molar-refractivity contribution >= 4 is 6.09 Å². The van der Waals surface area contributed by atoms with Crippen molar-refractivity contribution in [2.45, 2.75) is 26.8 Å². The minimum Gasteiger partial charge on any atom is -0.406 e. The summed E-state index contributed by atoms with van der Waals surface area (Å²) in [5, 5.41) is 0. The Labute approximate surface area is 178 Å². The van der Waals surface area contributed by atoms with E-state index >= 15 is 0 Å². The molecule has 1 amide bonds. The number of halogens is 3. The number of aromatic amines is 1. The molecule has 2 unspecified atom stereocenters. The van der Waals surface area contributed by atoms with E-state index in [1.165, 1.54) is 23.1 Å². The number of H-pyrrole nitrogens is 1. The van der Waals surface area contributed by atoms with Crippen LogP contribution >= 0.6 is 0 Å². The molecule has 1 aliphatic carbocycles. The van der Waals surface area contributed by atoms with Gasteiger partial charge in [-0.3, -0.25) is 0 Å². The molecule has 1 aliphatic heterocycles. The smallest absolute Gasteiger partial charge is 0.406 e. The fraction of sp³-hybridized carbons (Fsp3) is 0.524. The van der Waals surface area contributed by atoms with Crippen LogP contribution in [0.2, 0.25) is 0 Å². The summed E-state index contributed by atoms with van der Waals surface area (Å²) in [7, 11) is 0. The van der Waals surface area contributed by atoms with Gasteiger partial charge in [0.15, 0.2) is 0 Å². The van der Waals surface area contributed by atoms with Crippen LogP contribution in [0.15, 0.2) is 30.5 Å². The molecule has 0 spiro atoms. The Morgan fingerprint density at radius 1 is 1.32 bits per heavy atom. The minimum absolute atomic E-state index is 0.0924. The third-order valence-corrected chi connectivity index (χ3v) is 5.96. The predicted octanol–water partition coefficient (Wildman–Crippen LogP) is 3.82. The van der Waals surface area contributed by atoms with Gasteiger partial charge in [-0.25, -0.2) is 9.78 Å². The standard InChI is InChI=1S/C21H25F3N4O3/c1-3-27-10-16-17(11-27)18(16)12-28(20(29)30-19-25-8-13(2)26-19)9-14-5-4-6-15(7-14)31-21(22,23)24/h4-8,16-18H,3,9-12H2,1-2H3,(H,25,26). The highest BCUT2D eigenvalue weighted by Crippen LogP contribution is 2.52. The van der Waals surface area contributed by atoms with Gasteiger partial charge < -0.3 is 24.3 Å². The van der Waals surface area contributed by atoms with E-state index in [1.54, 1.807) is 19.2 Å². The summed E-state index contributed by atoms with van der Waals surface area (Å²) in [6.45, 7) is 7.53. The van der Waals surface area contributed by atoms with Crippen LogP contribution in [0.25, 0.3) is 0 Å². The summed E-state index contributed by atoms with van der Waals surface area (Å²) >= 11 is 0. The summed E-state index contributed by atoms with van der Waals surface area (Å²) in [4.78, 5) is 23.7. The first-order valence-corrected chi connectivity index (χ1v) is 10.3. The van der Waals surface area contributed by atoms with Crippen LogP contribution in [-0.2, 0) is 6.54 Å². The molecule has 0 radical (unpaired) electrons. The molecule has 1 aromatic heterocycles. The second kappa shape index (κ2) is 8.41. The number of nitrogens with zero attached hydrogens (tertiary/aromatic N) is 3. The van der Waals surface area contributed by atoms with Gasteiger partial charge >= 0.3 is 18.5 Å². The molecule has 2 fully saturated rings. The molecule has 168 valence electrons. The SMILES string of the molecule is CCN1CC2C(C1)C2CN(Cc1cccc(OC(F)(F)F)c1)C(=O)Oc1nc(C)c[nH]1. The highest BCUT2D eigenvalue weighted by molar-refractivity contribution is 5.70. The first-order chi connectivity index (χ1) is 14.7. The first kappa shape index (κ1) is 21.5. The number of fused-ring (bicyclic) bond motifs is 1. The molecule has 2 atom stereocenters. The summed E-state index contributed by atoms with van der Waals surface area (Å²) in [5.41, 5.74) is 1.21. The molecular formula is C21H25F3N4O3. The van der Waals surface area contributed by atoms with Gasteiger partial charge in [-0.1, -0.05) is 19.1 Å². The highest BCUT2D eigenvalue weighted by Gasteiger charge is 2.55. The van der Waals surface area contributed by atoms with E-state index in [0.29, 0.717) is 35.6 Å². The molecule has 1 saturated carbocycles. The maximum absolute atomic E-state index is 12.9. The van der Waals surface area contributed by atoms with Crippen molar-refractivity contribution in [3.8, 4) is 11.8 Å². The fourth-order valence-corrected chi connectivity index (χ4v) is 4.38. The van der Waals surface area contributed by atoms with Crippen molar-refractivity contribution in [2.75, 3.05) is 26.2 Å². The number of aromatic nitrogens is 2. The Morgan fingerprint density at radius 2 is 2.06 bits per heavy atom. The number of carbonyl (C=O) groups is 1. The van der Waals surface area contributed by atoms with Crippen LogP contribution < -0.4 is 9.47 Å². The Balaban J connectivity index is 1.46. The number of rotatable bonds is 7. The fourth-order valence-electron chi connectivity index (χ4n) is 4.38. The summed E-state index contributed by atoms with van der Waals surface area (Å²) < 4.78 is 47.1. The number of ether oxygens (including phenoxy) is 2. The van der Waals surface area contributed by atoms with Crippen molar-refractivity contribution in [1.29, 1.82) is 0 Å². The van der Waals surface area contributed by atoms with Crippen molar-refractivity contribution in [2.24, 2.45) is 17.8 Å². The average Bonchev–Trinajstić information content (AvgIpc) is 3.03. The van der Waals surface area contributed by atoms with Gasteiger partial charge in [0, 0.05) is 32.4 Å². The molecule has 10 heteroatoms. The van der Waals surface area contributed by atoms with Crippen LogP contribution in [0.4, 0.5) is 18.0 Å². The van der Waals surface area contributed by atoms with E-state index in [2.05, 4.69) is 26.5 Å². The lowest BCUT2D eigenvalue weighted by Gasteiger charge is -2.24. The maximum atomic E-state index is 12.9. The van der Waals surface area contributed by atoms with Gasteiger partial charge in [0.25, 0.3) is 0 Å². The number of piperidine rings is 1. The number of imidazole rings is 1. The molecular weight excluding hydrogens is 413 g/mol. The quantitative estimate of drug-likeness (QED) is 0.712. The van der Waals surface area contributed by atoms with Gasteiger partial charge in [-0.15, -0.1) is 13.2 Å². The Morgan fingerprint density at radius 3 is 2.68 bits per heavy atom. The number of hydrogen-bond donors (Lipinski definition) is 1. The maximum Gasteiger partial charge on any atom is 0.573 e. The van der Waals surface area contributed by atoms with E-state index in [1.807, 2.05) is 0 Å². The lowest BCUT2D eigenvalue weighted by Crippen LogP contribution is -2.37. The van der Waals surface area contributed by atoms with Crippen LogP contribution in [0.1, 0.15) is 18.2 Å². The number of carbonyl (C=O) groups excluding carboxylic acids is 1. The number of aryl methyl sites for hydroxylation is 1. The van der Waals surface area contributed by atoms with Gasteiger partial charge in [0.2, 0.25) is 0 Å². The number of benzene rings is 1. The normalized spacial score (nSPS) is 22.8. The van der Waals surface area contributed by atoms with Crippen LogP contribution in [0.5, 0.6) is 11.8 Å². The molecule has 1 N–H and O–H groups in total. The zero-order valence-electron chi connectivity index (χ0n) is 17.4. The van der Waals surface area contributed by atoms with Crippen LogP contribution in [0, 0.1) is 24.7 Å². The van der Waals surface area contributed by atoms with Crippen LogP contribution in [0.3, 0.4) is 0 Å². The van der Waals surface area contributed by atoms with E-state index < -0.39 is 12.5 Å². The molecule has 2 aliphatic rings. The molecule has 2 heterocycles. The van der Waals surface area contributed by atoms with Crippen molar-refractivity contribution < 1.29 is 27.4 Å². The summed E-state index contributed by atoms with van der Waals surface area (Å²) in [5.74, 6) is 1.13. The monoisotopic (exact) mass is 438 g/mol. The third-order valence-electron chi connectivity index (χ3n) is 5.96. The van der Waals surface area contributed by atoms with E-state index in [0.717, 1.165) is 19.6 Å². The second-order valence-corrected chi connectivity index (χ2v) is 8.13. The van der Waals surface area contributed by atoms with E-state index in [9.17, 15) is 18.0 Å². The minimum atomic E-state index is -4.77. The zero-order chi connectivity index (χ0) is 22.2. The lowest BCUT2D eigenvalue weighted by atomic mass is 10.2. The average molecular weight is 438 g/mol. The van der Waals surface area contributed by atoms with Gasteiger partial charge in [-0.05, 0) is 48.9 Å². The molecule has 31 heavy (non-hydrogen) atoms. The third kappa shape index (κ3) is 5.30. The largest absolute Gasteiger partial charge is 0.573 e. The lowest BCUT2D eigenvalue weighted by molar-refractivity contribution is -0.274. The van der Waals surface area contributed by atoms with Gasteiger partial charge in [0.1, 0.15) is 5.75 Å². The number of hydrogen-bond acceptors (Lipinski definition) is 5. The van der Waals surface area contributed by atoms with Crippen molar-refractivity contribution in [1.82, 2.24) is 19.8 Å². The number of likely N-dealkylation sites (tertiary alicyclic amines) is 1.